The lowest BCUT2D eigenvalue weighted by Gasteiger charge is -2.31. The van der Waals surface area contributed by atoms with E-state index in [4.69, 9.17) is 0 Å². The molecule has 2 aromatic rings. The van der Waals surface area contributed by atoms with E-state index in [0.717, 1.165) is 23.3 Å². The number of likely N-dealkylation sites (tertiary alicyclic amines) is 1. The number of amides is 1. The molecule has 0 bridgehead atoms. The van der Waals surface area contributed by atoms with Crippen molar-refractivity contribution >= 4 is 32.6 Å². The molecule has 5 heteroatoms. The van der Waals surface area contributed by atoms with Gasteiger partial charge >= 0.3 is 0 Å². The van der Waals surface area contributed by atoms with Crippen LogP contribution < -0.4 is 5.32 Å². The first-order valence-corrected chi connectivity index (χ1v) is 7.96. The summed E-state index contributed by atoms with van der Waals surface area (Å²) >= 11 is 1.53. The molecule has 20 heavy (non-hydrogen) atoms. The van der Waals surface area contributed by atoms with Gasteiger partial charge in [-0.25, -0.2) is 4.98 Å². The van der Waals surface area contributed by atoms with Gasteiger partial charge in [-0.05, 0) is 45.0 Å². The fourth-order valence-corrected chi connectivity index (χ4v) is 3.48. The minimum Gasteiger partial charge on any atom is -0.301 e. The molecule has 1 fully saturated rings. The highest BCUT2D eigenvalue weighted by Gasteiger charge is 2.23. The standard InChI is InChI=1S/C15H19N3OS/c1-11(18-9-5-2-6-10-18)14(19)17-15-16-12-7-3-4-8-13(12)20-15/h3-4,7-8,11H,2,5-6,9-10H2,1H3,(H,16,17,19). The van der Waals surface area contributed by atoms with Crippen molar-refractivity contribution in [1.29, 1.82) is 0 Å². The van der Waals surface area contributed by atoms with Gasteiger partial charge in [-0.1, -0.05) is 29.9 Å². The smallest absolute Gasteiger partial charge is 0.243 e. The van der Waals surface area contributed by atoms with E-state index < -0.39 is 0 Å². The molecule has 1 atom stereocenters. The Hall–Kier alpha value is -1.46. The normalized spacial score (nSPS) is 18.1. The maximum Gasteiger partial charge on any atom is 0.243 e. The molecule has 106 valence electrons. The molecular formula is C15H19N3OS. The van der Waals surface area contributed by atoms with Crippen LogP contribution in [0, 0.1) is 0 Å². The summed E-state index contributed by atoms with van der Waals surface area (Å²) in [5.74, 6) is 0.0472. The third-order valence-electron chi connectivity index (χ3n) is 3.84. The predicted molar refractivity (Wildman–Crippen MR) is 83.1 cm³/mol. The fourth-order valence-electron chi connectivity index (χ4n) is 2.61. The molecule has 0 saturated carbocycles. The van der Waals surface area contributed by atoms with Gasteiger partial charge in [0.05, 0.1) is 16.3 Å². The van der Waals surface area contributed by atoms with Crippen molar-refractivity contribution in [1.82, 2.24) is 9.88 Å². The first-order valence-electron chi connectivity index (χ1n) is 7.14. The van der Waals surface area contributed by atoms with Crippen LogP contribution in [0.25, 0.3) is 10.2 Å². The summed E-state index contributed by atoms with van der Waals surface area (Å²) in [7, 11) is 0. The first kappa shape index (κ1) is 13.5. The SMILES string of the molecule is CC(C(=O)Nc1nc2ccccc2s1)N1CCCCC1. The molecule has 1 N–H and O–H groups in total. The van der Waals surface area contributed by atoms with Crippen LogP contribution in [-0.2, 0) is 4.79 Å². The van der Waals surface area contributed by atoms with E-state index in [-0.39, 0.29) is 11.9 Å². The molecule has 1 aliphatic rings. The van der Waals surface area contributed by atoms with E-state index in [2.05, 4.69) is 15.2 Å². The van der Waals surface area contributed by atoms with Crippen molar-refractivity contribution in [2.24, 2.45) is 0 Å². The average Bonchev–Trinajstić information content (AvgIpc) is 2.89. The lowest BCUT2D eigenvalue weighted by atomic mass is 10.1. The number of nitrogens with one attached hydrogen (secondary N) is 1. The zero-order valence-corrected chi connectivity index (χ0v) is 12.4. The number of hydrogen-bond donors (Lipinski definition) is 1. The Morgan fingerprint density at radius 1 is 1.30 bits per heavy atom. The Bertz CT molecular complexity index is 571. The number of fused-ring (bicyclic) bond motifs is 1. The lowest BCUT2D eigenvalue weighted by Crippen LogP contribution is -2.44. The summed E-state index contributed by atoms with van der Waals surface area (Å²) in [4.78, 5) is 19.0. The van der Waals surface area contributed by atoms with Crippen LogP contribution in [0.1, 0.15) is 26.2 Å². The largest absolute Gasteiger partial charge is 0.301 e. The Balaban J connectivity index is 1.68. The van der Waals surface area contributed by atoms with Gasteiger partial charge in [0.1, 0.15) is 0 Å². The van der Waals surface area contributed by atoms with Crippen LogP contribution in [-0.4, -0.2) is 34.9 Å². The maximum atomic E-state index is 12.3. The number of benzene rings is 1. The number of hydrogen-bond acceptors (Lipinski definition) is 4. The van der Waals surface area contributed by atoms with E-state index in [9.17, 15) is 4.79 Å². The van der Waals surface area contributed by atoms with Gasteiger partial charge in [0, 0.05) is 0 Å². The monoisotopic (exact) mass is 289 g/mol. The highest BCUT2D eigenvalue weighted by atomic mass is 32.1. The number of carbonyl (C=O) groups excluding carboxylic acids is 1. The molecular weight excluding hydrogens is 270 g/mol. The molecule has 1 unspecified atom stereocenters. The zero-order chi connectivity index (χ0) is 13.9. The summed E-state index contributed by atoms with van der Waals surface area (Å²) in [6.07, 6.45) is 3.67. The first-order chi connectivity index (χ1) is 9.74. The van der Waals surface area contributed by atoms with Crippen LogP contribution in [0.4, 0.5) is 5.13 Å². The second-order valence-corrected chi connectivity index (χ2v) is 6.28. The Morgan fingerprint density at radius 2 is 2.05 bits per heavy atom. The third kappa shape index (κ3) is 2.83. The Morgan fingerprint density at radius 3 is 2.80 bits per heavy atom. The number of rotatable bonds is 3. The molecule has 1 aromatic heterocycles. The molecule has 1 aromatic carbocycles. The lowest BCUT2D eigenvalue weighted by molar-refractivity contribution is -0.121. The van der Waals surface area contributed by atoms with Crippen molar-refractivity contribution in [3.8, 4) is 0 Å². The molecule has 0 radical (unpaired) electrons. The molecule has 1 saturated heterocycles. The number of thiazole rings is 1. The van der Waals surface area contributed by atoms with E-state index in [1.165, 1.54) is 30.6 Å². The minimum absolute atomic E-state index is 0.0472. The number of aromatic nitrogens is 1. The predicted octanol–water partition coefficient (Wildman–Crippen LogP) is 3.11. The quantitative estimate of drug-likeness (QED) is 0.944. The summed E-state index contributed by atoms with van der Waals surface area (Å²) in [5, 5.41) is 3.65. The van der Waals surface area contributed by atoms with Crippen molar-refractivity contribution < 1.29 is 4.79 Å². The van der Waals surface area contributed by atoms with Gasteiger partial charge in [0.15, 0.2) is 5.13 Å². The van der Waals surface area contributed by atoms with E-state index in [0.29, 0.717) is 5.13 Å². The highest BCUT2D eigenvalue weighted by molar-refractivity contribution is 7.22. The summed E-state index contributed by atoms with van der Waals surface area (Å²) in [6.45, 7) is 4.02. The van der Waals surface area contributed by atoms with Crippen LogP contribution in [0.5, 0.6) is 0 Å². The van der Waals surface area contributed by atoms with Crippen LogP contribution in [0.2, 0.25) is 0 Å². The van der Waals surface area contributed by atoms with Crippen molar-refractivity contribution in [3.05, 3.63) is 24.3 Å². The zero-order valence-electron chi connectivity index (χ0n) is 11.6. The molecule has 1 amide bonds. The molecule has 0 aliphatic carbocycles. The van der Waals surface area contributed by atoms with Crippen LogP contribution in [0.15, 0.2) is 24.3 Å². The Kier molecular flexibility index (Phi) is 3.98. The van der Waals surface area contributed by atoms with Crippen LogP contribution >= 0.6 is 11.3 Å². The molecule has 0 spiro atoms. The highest BCUT2D eigenvalue weighted by Crippen LogP contribution is 2.25. The molecule has 4 nitrogen and oxygen atoms in total. The molecule has 3 rings (SSSR count). The Labute approximate surface area is 122 Å². The number of piperidine rings is 1. The molecule has 2 heterocycles. The number of para-hydroxylation sites is 1. The van der Waals surface area contributed by atoms with Gasteiger partial charge in [-0.3, -0.25) is 9.69 Å². The van der Waals surface area contributed by atoms with Crippen molar-refractivity contribution in [2.75, 3.05) is 18.4 Å². The van der Waals surface area contributed by atoms with Gasteiger partial charge in [-0.15, -0.1) is 0 Å². The average molecular weight is 289 g/mol. The third-order valence-corrected chi connectivity index (χ3v) is 4.79. The summed E-state index contributed by atoms with van der Waals surface area (Å²) < 4.78 is 1.11. The van der Waals surface area contributed by atoms with Crippen molar-refractivity contribution in [3.63, 3.8) is 0 Å². The number of carbonyl (C=O) groups is 1. The number of anilines is 1. The fraction of sp³-hybridized carbons (Fsp3) is 0.467. The van der Waals surface area contributed by atoms with E-state index in [1.54, 1.807) is 0 Å². The van der Waals surface area contributed by atoms with Gasteiger partial charge in [0.25, 0.3) is 0 Å². The second kappa shape index (κ2) is 5.89. The molecule has 1 aliphatic heterocycles. The van der Waals surface area contributed by atoms with Gasteiger partial charge in [-0.2, -0.15) is 0 Å². The van der Waals surface area contributed by atoms with Gasteiger partial charge in [0.2, 0.25) is 5.91 Å². The summed E-state index contributed by atoms with van der Waals surface area (Å²) in [5.41, 5.74) is 0.943. The topological polar surface area (TPSA) is 45.2 Å². The number of nitrogens with zero attached hydrogens (tertiary/aromatic N) is 2. The van der Waals surface area contributed by atoms with E-state index >= 15 is 0 Å². The van der Waals surface area contributed by atoms with Gasteiger partial charge < -0.3 is 5.32 Å². The van der Waals surface area contributed by atoms with Crippen LogP contribution in [0.3, 0.4) is 0 Å². The van der Waals surface area contributed by atoms with E-state index in [1.807, 2.05) is 31.2 Å². The van der Waals surface area contributed by atoms with Crippen molar-refractivity contribution in [2.45, 2.75) is 32.2 Å². The minimum atomic E-state index is -0.0812. The second-order valence-electron chi connectivity index (χ2n) is 5.25. The summed E-state index contributed by atoms with van der Waals surface area (Å²) in [6, 6.07) is 7.86. The maximum absolute atomic E-state index is 12.3.